The Morgan fingerprint density at radius 2 is 1.72 bits per heavy atom. The number of aromatic nitrogens is 3. The number of benzene rings is 2. The first-order valence-electron chi connectivity index (χ1n) is 10.6. The normalized spacial score (nSPS) is 11.1. The summed E-state index contributed by atoms with van der Waals surface area (Å²) < 4.78 is 7.46. The van der Waals surface area contributed by atoms with Gasteiger partial charge in [-0.25, -0.2) is 0 Å². The first-order valence-corrected chi connectivity index (χ1v) is 11.5. The smallest absolute Gasteiger partial charge is 0.233 e. The Hall–Kier alpha value is -3.32. The minimum absolute atomic E-state index is 0.0671. The molecule has 0 fully saturated rings. The van der Waals surface area contributed by atoms with Gasteiger partial charge in [0, 0.05) is 18.3 Å². The second kappa shape index (κ2) is 9.87. The molecule has 0 radical (unpaired) electrons. The molecule has 0 unspecified atom stereocenters. The van der Waals surface area contributed by atoms with Crippen LogP contribution >= 0.6 is 11.8 Å². The van der Waals surface area contributed by atoms with Crippen LogP contribution in [-0.4, -0.2) is 37.4 Å². The molecule has 0 saturated carbocycles. The summed E-state index contributed by atoms with van der Waals surface area (Å²) in [4.78, 5) is 15.0. The van der Waals surface area contributed by atoms with Gasteiger partial charge >= 0.3 is 0 Å². The van der Waals surface area contributed by atoms with Crippen molar-refractivity contribution in [3.8, 4) is 17.1 Å². The van der Waals surface area contributed by atoms with Gasteiger partial charge in [-0.3, -0.25) is 9.36 Å². The molecule has 4 aromatic rings. The molecule has 0 bridgehead atoms. The van der Waals surface area contributed by atoms with Crippen LogP contribution in [0.3, 0.4) is 0 Å². The lowest BCUT2D eigenvalue weighted by molar-refractivity contribution is -0.130. The molecule has 0 atom stereocenters. The molecule has 0 aliphatic rings. The fraction of sp³-hybridized carbons (Fsp3) is 0.240. The average molecular weight is 447 g/mol. The maximum absolute atomic E-state index is 13.1. The molecule has 1 amide bonds. The number of hydrogen-bond acceptors (Lipinski definition) is 5. The highest BCUT2D eigenvalue weighted by atomic mass is 32.2. The number of hydrogen-bond donors (Lipinski definition) is 0. The number of thioether (sulfide) groups is 1. The third kappa shape index (κ3) is 4.78. The van der Waals surface area contributed by atoms with E-state index in [0.29, 0.717) is 17.5 Å². The number of amides is 1. The van der Waals surface area contributed by atoms with Crippen molar-refractivity contribution >= 4 is 17.7 Å². The summed E-state index contributed by atoms with van der Waals surface area (Å²) in [5, 5.41) is 9.51. The molecule has 2 aromatic heterocycles. The molecule has 164 valence electrons. The van der Waals surface area contributed by atoms with Crippen LogP contribution < -0.4 is 0 Å². The van der Waals surface area contributed by atoms with Crippen molar-refractivity contribution in [2.24, 2.45) is 0 Å². The van der Waals surface area contributed by atoms with Crippen molar-refractivity contribution in [1.82, 2.24) is 19.7 Å². The SMILES string of the molecule is Cc1occc1-c1nnc(SCC(=O)N(Cc2ccccc2)C(C)C)n1-c1ccccc1. The van der Waals surface area contributed by atoms with Gasteiger partial charge in [-0.1, -0.05) is 60.3 Å². The van der Waals surface area contributed by atoms with E-state index in [9.17, 15) is 4.79 Å². The number of carbonyl (C=O) groups excluding carboxylic acids is 1. The van der Waals surface area contributed by atoms with Gasteiger partial charge in [-0.2, -0.15) is 0 Å². The summed E-state index contributed by atoms with van der Waals surface area (Å²) in [6, 6.07) is 22.0. The Labute approximate surface area is 192 Å². The lowest BCUT2D eigenvalue weighted by Crippen LogP contribution is -2.37. The Morgan fingerprint density at radius 1 is 1.03 bits per heavy atom. The fourth-order valence-corrected chi connectivity index (χ4v) is 4.35. The van der Waals surface area contributed by atoms with Gasteiger partial charge in [-0.05, 0) is 44.5 Å². The first kappa shape index (κ1) is 21.9. The molecular weight excluding hydrogens is 420 g/mol. The maximum atomic E-state index is 13.1. The molecule has 0 N–H and O–H groups in total. The molecule has 0 saturated heterocycles. The van der Waals surface area contributed by atoms with Crippen LogP contribution in [0.25, 0.3) is 17.1 Å². The Morgan fingerprint density at radius 3 is 2.34 bits per heavy atom. The average Bonchev–Trinajstić information content (AvgIpc) is 3.42. The highest BCUT2D eigenvalue weighted by molar-refractivity contribution is 7.99. The fourth-order valence-electron chi connectivity index (χ4n) is 3.51. The van der Waals surface area contributed by atoms with Crippen LogP contribution in [0.4, 0.5) is 0 Å². The Bertz CT molecular complexity index is 1170. The van der Waals surface area contributed by atoms with E-state index in [2.05, 4.69) is 10.2 Å². The van der Waals surface area contributed by atoms with E-state index in [4.69, 9.17) is 4.42 Å². The molecule has 7 heteroatoms. The molecule has 0 aliphatic carbocycles. The second-order valence-electron chi connectivity index (χ2n) is 7.76. The molecule has 0 aliphatic heterocycles. The van der Waals surface area contributed by atoms with Gasteiger partial charge in [0.15, 0.2) is 11.0 Å². The molecule has 2 aromatic carbocycles. The Balaban J connectivity index is 1.58. The van der Waals surface area contributed by atoms with Gasteiger partial charge in [0.05, 0.1) is 17.6 Å². The van der Waals surface area contributed by atoms with Crippen molar-refractivity contribution in [3.63, 3.8) is 0 Å². The van der Waals surface area contributed by atoms with E-state index >= 15 is 0 Å². The monoisotopic (exact) mass is 446 g/mol. The molecule has 2 heterocycles. The summed E-state index contributed by atoms with van der Waals surface area (Å²) in [6.45, 7) is 6.57. The zero-order valence-electron chi connectivity index (χ0n) is 18.4. The molecular formula is C25H26N4O2S. The number of nitrogens with zero attached hydrogens (tertiary/aromatic N) is 4. The van der Waals surface area contributed by atoms with Crippen molar-refractivity contribution in [1.29, 1.82) is 0 Å². The van der Waals surface area contributed by atoms with Crippen molar-refractivity contribution in [2.45, 2.75) is 38.5 Å². The third-order valence-corrected chi connectivity index (χ3v) is 6.13. The zero-order valence-corrected chi connectivity index (χ0v) is 19.2. The highest BCUT2D eigenvalue weighted by Crippen LogP contribution is 2.30. The minimum atomic E-state index is 0.0671. The maximum Gasteiger partial charge on any atom is 0.233 e. The number of furan rings is 1. The number of rotatable bonds is 8. The quantitative estimate of drug-likeness (QED) is 0.341. The minimum Gasteiger partial charge on any atom is -0.469 e. The van der Waals surface area contributed by atoms with Gasteiger partial charge in [0.2, 0.25) is 5.91 Å². The molecule has 4 rings (SSSR count). The van der Waals surface area contributed by atoms with Crippen LogP contribution in [0, 0.1) is 6.92 Å². The van der Waals surface area contributed by atoms with E-state index < -0.39 is 0 Å². The van der Waals surface area contributed by atoms with E-state index in [1.54, 1.807) is 6.26 Å². The lowest BCUT2D eigenvalue weighted by atomic mass is 10.2. The van der Waals surface area contributed by atoms with Crippen LogP contribution in [0.1, 0.15) is 25.2 Å². The molecule has 32 heavy (non-hydrogen) atoms. The lowest BCUT2D eigenvalue weighted by Gasteiger charge is -2.26. The van der Waals surface area contributed by atoms with Gasteiger partial charge in [0.25, 0.3) is 0 Å². The topological polar surface area (TPSA) is 64.2 Å². The Kier molecular flexibility index (Phi) is 6.75. The van der Waals surface area contributed by atoms with E-state index in [1.807, 2.05) is 97.0 Å². The first-order chi connectivity index (χ1) is 15.5. The summed E-state index contributed by atoms with van der Waals surface area (Å²) in [5.41, 5.74) is 2.94. The van der Waals surface area contributed by atoms with Crippen LogP contribution in [-0.2, 0) is 11.3 Å². The molecule has 6 nitrogen and oxygen atoms in total. The van der Waals surface area contributed by atoms with E-state index in [-0.39, 0.29) is 17.7 Å². The summed E-state index contributed by atoms with van der Waals surface area (Å²) in [6.07, 6.45) is 1.65. The van der Waals surface area contributed by atoms with Crippen LogP contribution in [0.2, 0.25) is 0 Å². The van der Waals surface area contributed by atoms with Crippen molar-refractivity contribution < 1.29 is 9.21 Å². The number of carbonyl (C=O) groups is 1. The van der Waals surface area contributed by atoms with E-state index in [0.717, 1.165) is 22.6 Å². The summed E-state index contributed by atoms with van der Waals surface area (Å²) in [7, 11) is 0. The second-order valence-corrected chi connectivity index (χ2v) is 8.70. The standard InChI is InChI=1S/C25H26N4O2S/c1-18(2)28(16-20-10-6-4-7-11-20)23(30)17-32-25-27-26-24(22-14-15-31-19(22)3)29(25)21-12-8-5-9-13-21/h4-15,18H,16-17H2,1-3H3. The van der Waals surface area contributed by atoms with Crippen LogP contribution in [0.15, 0.2) is 82.6 Å². The van der Waals surface area contributed by atoms with Crippen molar-refractivity contribution in [2.75, 3.05) is 5.75 Å². The number of para-hydroxylation sites is 1. The van der Waals surface area contributed by atoms with Gasteiger partial charge < -0.3 is 9.32 Å². The summed E-state index contributed by atoms with van der Waals surface area (Å²) >= 11 is 1.40. The van der Waals surface area contributed by atoms with E-state index in [1.165, 1.54) is 11.8 Å². The predicted octanol–water partition coefficient (Wildman–Crippen LogP) is 5.37. The predicted molar refractivity (Wildman–Crippen MR) is 127 cm³/mol. The van der Waals surface area contributed by atoms with Gasteiger partial charge in [0.1, 0.15) is 5.76 Å². The zero-order chi connectivity index (χ0) is 22.5. The highest BCUT2D eigenvalue weighted by Gasteiger charge is 2.22. The van der Waals surface area contributed by atoms with Crippen molar-refractivity contribution in [3.05, 3.63) is 84.3 Å². The third-order valence-electron chi connectivity index (χ3n) is 5.21. The number of aryl methyl sites for hydroxylation is 1. The largest absolute Gasteiger partial charge is 0.469 e. The van der Waals surface area contributed by atoms with Gasteiger partial charge in [-0.15, -0.1) is 10.2 Å². The summed E-state index contributed by atoms with van der Waals surface area (Å²) in [5.74, 6) is 1.82. The van der Waals surface area contributed by atoms with Crippen LogP contribution in [0.5, 0.6) is 0 Å². The molecule has 0 spiro atoms.